The molecule has 2 amide bonds. The third-order valence-electron chi connectivity index (χ3n) is 4.10. The van der Waals surface area contributed by atoms with Crippen LogP contribution in [0, 0.1) is 5.92 Å². The molecule has 2 rings (SSSR count). The van der Waals surface area contributed by atoms with Gasteiger partial charge in [0.15, 0.2) is 5.11 Å². The van der Waals surface area contributed by atoms with Gasteiger partial charge in [0, 0.05) is 11.1 Å². The van der Waals surface area contributed by atoms with E-state index in [1.54, 1.807) is 48.5 Å². The summed E-state index contributed by atoms with van der Waals surface area (Å²) in [6, 6.07) is 13.5. The average molecular weight is 444 g/mol. The van der Waals surface area contributed by atoms with Crippen LogP contribution in [0.5, 0.6) is 11.5 Å². The molecule has 0 heterocycles. The molecule has 2 aromatic carbocycles. The summed E-state index contributed by atoms with van der Waals surface area (Å²) >= 11 is 5.07. The van der Waals surface area contributed by atoms with Crippen LogP contribution in [0.15, 0.2) is 48.5 Å². The van der Waals surface area contributed by atoms with Gasteiger partial charge in [-0.05, 0) is 73.1 Å². The molecule has 0 saturated heterocycles. The molecule has 0 fully saturated rings. The zero-order valence-corrected chi connectivity index (χ0v) is 18.9. The number of hydrazine groups is 1. The van der Waals surface area contributed by atoms with Crippen molar-refractivity contribution >= 4 is 29.1 Å². The second-order valence-electron chi connectivity index (χ2n) is 7.32. The third kappa shape index (κ3) is 8.64. The monoisotopic (exact) mass is 443 g/mol. The quantitative estimate of drug-likeness (QED) is 0.310. The standard InChI is InChI=1S/C23H29N3O4S/c1-4-5-14-29-19-10-6-17(7-11-19)21(27)24-23(31)26-25-22(28)18-8-12-20(13-9-18)30-15-16(2)3/h6-13,16H,4-5,14-15H2,1-3H3,(H,25,28)(H2,24,26,27,31). The van der Waals surface area contributed by atoms with Crippen molar-refractivity contribution in [2.45, 2.75) is 33.6 Å². The van der Waals surface area contributed by atoms with Gasteiger partial charge in [-0.2, -0.15) is 0 Å². The number of thiocarbonyl (C=S) groups is 1. The number of benzene rings is 2. The summed E-state index contributed by atoms with van der Waals surface area (Å²) in [5.74, 6) is 1.04. The molecular weight excluding hydrogens is 414 g/mol. The Hall–Kier alpha value is -3.13. The molecule has 31 heavy (non-hydrogen) atoms. The highest BCUT2D eigenvalue weighted by molar-refractivity contribution is 7.80. The van der Waals surface area contributed by atoms with E-state index in [0.717, 1.165) is 12.8 Å². The third-order valence-corrected chi connectivity index (χ3v) is 4.30. The lowest BCUT2D eigenvalue weighted by Crippen LogP contribution is -2.48. The number of hydrogen-bond acceptors (Lipinski definition) is 5. The van der Waals surface area contributed by atoms with Crippen molar-refractivity contribution in [3.63, 3.8) is 0 Å². The van der Waals surface area contributed by atoms with Gasteiger partial charge < -0.3 is 9.47 Å². The minimum absolute atomic E-state index is 0.0153. The van der Waals surface area contributed by atoms with Crippen molar-refractivity contribution < 1.29 is 19.1 Å². The van der Waals surface area contributed by atoms with Crippen molar-refractivity contribution in [2.24, 2.45) is 5.92 Å². The van der Waals surface area contributed by atoms with Gasteiger partial charge in [-0.15, -0.1) is 0 Å². The van der Waals surface area contributed by atoms with Crippen molar-refractivity contribution in [3.05, 3.63) is 59.7 Å². The van der Waals surface area contributed by atoms with Crippen LogP contribution in [-0.2, 0) is 0 Å². The summed E-state index contributed by atoms with van der Waals surface area (Å²) in [4.78, 5) is 24.5. The molecular formula is C23H29N3O4S. The molecule has 7 nitrogen and oxygen atoms in total. The zero-order valence-electron chi connectivity index (χ0n) is 18.1. The predicted molar refractivity (Wildman–Crippen MR) is 124 cm³/mol. The minimum Gasteiger partial charge on any atom is -0.494 e. The molecule has 8 heteroatoms. The number of rotatable bonds is 9. The lowest BCUT2D eigenvalue weighted by atomic mass is 10.2. The number of unbranched alkanes of at least 4 members (excludes halogenated alkanes) is 1. The molecule has 0 radical (unpaired) electrons. The molecule has 0 spiro atoms. The van der Waals surface area contributed by atoms with Gasteiger partial charge in [-0.25, -0.2) is 0 Å². The second-order valence-corrected chi connectivity index (χ2v) is 7.73. The van der Waals surface area contributed by atoms with Gasteiger partial charge in [0.2, 0.25) is 0 Å². The van der Waals surface area contributed by atoms with E-state index in [4.69, 9.17) is 21.7 Å². The van der Waals surface area contributed by atoms with Crippen LogP contribution in [0.2, 0.25) is 0 Å². The molecule has 0 aliphatic carbocycles. The van der Waals surface area contributed by atoms with E-state index in [0.29, 0.717) is 41.8 Å². The number of hydrogen-bond donors (Lipinski definition) is 3. The molecule has 3 N–H and O–H groups in total. The average Bonchev–Trinajstić information content (AvgIpc) is 2.77. The van der Waals surface area contributed by atoms with Crippen LogP contribution >= 0.6 is 12.2 Å². The zero-order chi connectivity index (χ0) is 22.6. The summed E-state index contributed by atoms with van der Waals surface area (Å²) < 4.78 is 11.2. The fourth-order valence-electron chi connectivity index (χ4n) is 2.39. The van der Waals surface area contributed by atoms with Gasteiger partial charge >= 0.3 is 0 Å². The summed E-state index contributed by atoms with van der Waals surface area (Å²) in [5.41, 5.74) is 5.84. The smallest absolute Gasteiger partial charge is 0.269 e. The van der Waals surface area contributed by atoms with Crippen LogP contribution in [-0.4, -0.2) is 30.1 Å². The van der Waals surface area contributed by atoms with Crippen LogP contribution in [0.4, 0.5) is 0 Å². The second kappa shape index (κ2) is 12.5. The molecule has 0 atom stereocenters. The highest BCUT2D eigenvalue weighted by Gasteiger charge is 2.10. The molecule has 0 saturated carbocycles. The molecule has 0 aromatic heterocycles. The first-order chi connectivity index (χ1) is 14.9. The predicted octanol–water partition coefficient (Wildman–Crippen LogP) is 3.85. The Balaban J connectivity index is 1.77. The molecule has 0 aliphatic heterocycles. The van der Waals surface area contributed by atoms with Crippen LogP contribution in [0.3, 0.4) is 0 Å². The highest BCUT2D eigenvalue weighted by atomic mass is 32.1. The van der Waals surface area contributed by atoms with E-state index in [2.05, 4.69) is 36.9 Å². The van der Waals surface area contributed by atoms with E-state index < -0.39 is 5.91 Å². The Morgan fingerprint density at radius 3 is 1.97 bits per heavy atom. The van der Waals surface area contributed by atoms with Crippen molar-refractivity contribution in [2.75, 3.05) is 13.2 Å². The van der Waals surface area contributed by atoms with Crippen molar-refractivity contribution in [1.29, 1.82) is 0 Å². The number of amides is 2. The first kappa shape index (κ1) is 24.1. The first-order valence-corrected chi connectivity index (χ1v) is 10.7. The number of nitrogens with one attached hydrogen (secondary N) is 3. The Morgan fingerprint density at radius 1 is 0.871 bits per heavy atom. The van der Waals surface area contributed by atoms with Gasteiger partial charge in [0.1, 0.15) is 11.5 Å². The van der Waals surface area contributed by atoms with Crippen LogP contribution < -0.4 is 25.6 Å². The Labute approximate surface area is 188 Å². The van der Waals surface area contributed by atoms with Gasteiger partial charge in [-0.3, -0.25) is 25.8 Å². The summed E-state index contributed by atoms with van der Waals surface area (Å²) in [7, 11) is 0. The van der Waals surface area contributed by atoms with E-state index in [9.17, 15) is 9.59 Å². The Morgan fingerprint density at radius 2 is 1.42 bits per heavy atom. The summed E-state index contributed by atoms with van der Waals surface area (Å²) in [6.07, 6.45) is 2.03. The van der Waals surface area contributed by atoms with E-state index in [1.165, 1.54) is 0 Å². The van der Waals surface area contributed by atoms with Crippen LogP contribution in [0.25, 0.3) is 0 Å². The Bertz CT molecular complexity index is 867. The molecule has 166 valence electrons. The highest BCUT2D eigenvalue weighted by Crippen LogP contribution is 2.14. The fourth-order valence-corrected chi connectivity index (χ4v) is 2.54. The minimum atomic E-state index is -0.390. The van der Waals surface area contributed by atoms with Gasteiger partial charge in [-0.1, -0.05) is 27.2 Å². The maximum atomic E-state index is 12.3. The topological polar surface area (TPSA) is 88.7 Å². The fraction of sp³-hybridized carbons (Fsp3) is 0.348. The van der Waals surface area contributed by atoms with Crippen molar-refractivity contribution in [1.82, 2.24) is 16.2 Å². The van der Waals surface area contributed by atoms with Gasteiger partial charge in [0.05, 0.1) is 13.2 Å². The maximum Gasteiger partial charge on any atom is 0.269 e. The summed E-state index contributed by atoms with van der Waals surface area (Å²) in [5, 5.41) is 2.50. The van der Waals surface area contributed by atoms with E-state index in [1.807, 2.05) is 0 Å². The van der Waals surface area contributed by atoms with E-state index >= 15 is 0 Å². The van der Waals surface area contributed by atoms with E-state index in [-0.39, 0.29) is 11.0 Å². The maximum absolute atomic E-state index is 12.3. The number of carbonyl (C=O) groups is 2. The summed E-state index contributed by atoms with van der Waals surface area (Å²) in [6.45, 7) is 7.47. The Kier molecular flexibility index (Phi) is 9.77. The molecule has 0 unspecified atom stereocenters. The lowest BCUT2D eigenvalue weighted by Gasteiger charge is -2.12. The molecule has 2 aromatic rings. The first-order valence-electron chi connectivity index (χ1n) is 10.3. The molecule has 0 bridgehead atoms. The number of carbonyl (C=O) groups excluding carboxylic acids is 2. The lowest BCUT2D eigenvalue weighted by molar-refractivity contribution is 0.0934. The SMILES string of the molecule is CCCCOc1ccc(C(=O)NC(=S)NNC(=O)c2ccc(OCC(C)C)cc2)cc1. The normalized spacial score (nSPS) is 10.3. The van der Waals surface area contributed by atoms with Gasteiger partial charge in [0.25, 0.3) is 11.8 Å². The molecule has 0 aliphatic rings. The van der Waals surface area contributed by atoms with Crippen molar-refractivity contribution in [3.8, 4) is 11.5 Å². The van der Waals surface area contributed by atoms with Crippen LogP contribution in [0.1, 0.15) is 54.3 Å². The largest absolute Gasteiger partial charge is 0.494 e. The number of ether oxygens (including phenoxy) is 2.